The molecule has 0 spiro atoms. The molecular formula is C11H19Y. The molecule has 1 rings (SSSR count). The van der Waals surface area contributed by atoms with Gasteiger partial charge >= 0.3 is 32.7 Å². The zero-order valence-electron chi connectivity index (χ0n) is 7.97. The van der Waals surface area contributed by atoms with Gasteiger partial charge in [-0.25, -0.2) is 12.8 Å². The van der Waals surface area contributed by atoms with Crippen LogP contribution >= 0.6 is 0 Å². The average Bonchev–Trinajstić information content (AvgIpc) is 2.08. The minimum absolute atomic E-state index is 0. The monoisotopic (exact) mass is 240 g/mol. The van der Waals surface area contributed by atoms with Crippen LogP contribution in [-0.2, 0) is 32.7 Å². The van der Waals surface area contributed by atoms with E-state index in [0.29, 0.717) is 0 Å². The topological polar surface area (TPSA) is 0 Å². The van der Waals surface area contributed by atoms with Gasteiger partial charge in [0.05, 0.1) is 0 Å². The molecule has 1 heteroatoms. The SMILES string of the molecule is [CH-]1CC[CH-]CCC[CH-]CCC1.[Y+3]. The summed E-state index contributed by atoms with van der Waals surface area (Å²) in [6, 6.07) is 0. The van der Waals surface area contributed by atoms with Crippen LogP contribution in [0.1, 0.15) is 51.4 Å². The quantitative estimate of drug-likeness (QED) is 0.566. The minimum Gasteiger partial charge on any atom is -0.331 e. The van der Waals surface area contributed by atoms with E-state index in [1.165, 1.54) is 51.4 Å². The van der Waals surface area contributed by atoms with E-state index < -0.39 is 0 Å². The van der Waals surface area contributed by atoms with Crippen LogP contribution in [0.2, 0.25) is 0 Å². The van der Waals surface area contributed by atoms with Gasteiger partial charge in [-0.2, -0.15) is 25.7 Å². The maximum atomic E-state index is 2.45. The average molecular weight is 240 g/mol. The van der Waals surface area contributed by atoms with Crippen LogP contribution in [0.5, 0.6) is 0 Å². The van der Waals surface area contributed by atoms with Crippen molar-refractivity contribution < 1.29 is 32.7 Å². The standard InChI is InChI=1S/C11H19.Y/c1-2-4-6-8-10-11-9-7-5-3-1;/h1,6,9H,2-5,7-8,10-11H2;/q-3;+3. The van der Waals surface area contributed by atoms with Crippen LogP contribution in [0.3, 0.4) is 0 Å². The summed E-state index contributed by atoms with van der Waals surface area (Å²) < 4.78 is 0. The van der Waals surface area contributed by atoms with E-state index in [9.17, 15) is 0 Å². The second-order valence-electron chi connectivity index (χ2n) is 3.31. The van der Waals surface area contributed by atoms with Crippen molar-refractivity contribution in [3.63, 3.8) is 0 Å². The third-order valence-electron chi connectivity index (χ3n) is 2.21. The Balaban J connectivity index is 0.00000121. The van der Waals surface area contributed by atoms with E-state index in [-0.39, 0.29) is 32.7 Å². The molecule has 0 N–H and O–H groups in total. The molecule has 1 aliphatic carbocycles. The summed E-state index contributed by atoms with van der Waals surface area (Å²) in [5.74, 6) is 0. The molecule has 0 aromatic rings. The van der Waals surface area contributed by atoms with Crippen molar-refractivity contribution in [2.45, 2.75) is 51.4 Å². The normalized spacial score (nSPS) is 22.0. The van der Waals surface area contributed by atoms with Gasteiger partial charge in [-0.1, -0.05) is 0 Å². The van der Waals surface area contributed by atoms with E-state index in [1.54, 1.807) is 0 Å². The summed E-state index contributed by atoms with van der Waals surface area (Å²) in [6.45, 7) is 0. The van der Waals surface area contributed by atoms with Gasteiger partial charge in [0, 0.05) is 0 Å². The van der Waals surface area contributed by atoms with E-state index >= 15 is 0 Å². The molecule has 0 aromatic heterocycles. The molecule has 0 aliphatic heterocycles. The fourth-order valence-electron chi connectivity index (χ4n) is 1.48. The second-order valence-corrected chi connectivity index (χ2v) is 3.31. The zero-order chi connectivity index (χ0) is 7.78. The Morgan fingerprint density at radius 3 is 1.25 bits per heavy atom. The van der Waals surface area contributed by atoms with Gasteiger partial charge in [-0.15, -0.1) is 12.8 Å². The first-order chi connectivity index (χ1) is 5.50. The predicted molar refractivity (Wildman–Crippen MR) is 49.8 cm³/mol. The van der Waals surface area contributed by atoms with Crippen molar-refractivity contribution in [3.05, 3.63) is 19.3 Å². The Labute approximate surface area is 103 Å². The fourth-order valence-corrected chi connectivity index (χ4v) is 1.48. The number of hydrogen-bond donors (Lipinski definition) is 0. The molecule has 0 aromatic carbocycles. The largest absolute Gasteiger partial charge is 3.00 e. The summed E-state index contributed by atoms with van der Waals surface area (Å²) in [5.41, 5.74) is 0. The minimum atomic E-state index is 0. The summed E-state index contributed by atoms with van der Waals surface area (Å²) in [4.78, 5) is 0. The van der Waals surface area contributed by atoms with Crippen molar-refractivity contribution in [3.8, 4) is 0 Å². The van der Waals surface area contributed by atoms with Gasteiger partial charge in [-0.3, -0.25) is 0 Å². The maximum absolute atomic E-state index is 2.45. The summed E-state index contributed by atoms with van der Waals surface area (Å²) in [6.07, 6.45) is 18.0. The molecule has 0 atom stereocenters. The fraction of sp³-hybridized carbons (Fsp3) is 0.727. The third kappa shape index (κ3) is 7.74. The molecular weight excluding hydrogens is 221 g/mol. The molecule has 1 fully saturated rings. The molecule has 0 unspecified atom stereocenters. The number of hydrogen-bond acceptors (Lipinski definition) is 0. The third-order valence-corrected chi connectivity index (χ3v) is 2.21. The molecule has 0 nitrogen and oxygen atoms in total. The molecule has 0 heterocycles. The maximum Gasteiger partial charge on any atom is 3.00 e. The molecule has 0 saturated heterocycles. The summed E-state index contributed by atoms with van der Waals surface area (Å²) in [5, 5.41) is 0. The number of rotatable bonds is 0. The second kappa shape index (κ2) is 10.2. The molecule has 12 heavy (non-hydrogen) atoms. The Morgan fingerprint density at radius 2 is 0.833 bits per heavy atom. The Bertz CT molecular complexity index is 43.0. The first-order valence-electron chi connectivity index (χ1n) is 4.95. The molecule has 1 aliphatic rings. The van der Waals surface area contributed by atoms with Crippen molar-refractivity contribution >= 4 is 0 Å². The first kappa shape index (κ1) is 13.1. The van der Waals surface area contributed by atoms with Crippen LogP contribution in [0.25, 0.3) is 0 Å². The smallest absolute Gasteiger partial charge is 0.331 e. The van der Waals surface area contributed by atoms with Gasteiger partial charge in [0.1, 0.15) is 0 Å². The Hall–Kier alpha value is 1.10. The van der Waals surface area contributed by atoms with Gasteiger partial charge in [-0.05, 0) is 0 Å². The van der Waals surface area contributed by atoms with E-state index in [4.69, 9.17) is 0 Å². The van der Waals surface area contributed by atoms with Gasteiger partial charge in [0.15, 0.2) is 0 Å². The van der Waals surface area contributed by atoms with Gasteiger partial charge in [0.2, 0.25) is 0 Å². The molecule has 1 saturated carbocycles. The van der Waals surface area contributed by atoms with Crippen molar-refractivity contribution in [1.82, 2.24) is 0 Å². The van der Waals surface area contributed by atoms with Crippen LogP contribution in [0.15, 0.2) is 0 Å². The molecule has 0 amide bonds. The Morgan fingerprint density at radius 1 is 0.500 bits per heavy atom. The van der Waals surface area contributed by atoms with Crippen LogP contribution in [-0.4, -0.2) is 0 Å². The van der Waals surface area contributed by atoms with Crippen molar-refractivity contribution in [1.29, 1.82) is 0 Å². The summed E-state index contributed by atoms with van der Waals surface area (Å²) >= 11 is 0. The van der Waals surface area contributed by atoms with Crippen LogP contribution in [0.4, 0.5) is 0 Å². The van der Waals surface area contributed by atoms with Crippen molar-refractivity contribution in [2.75, 3.05) is 0 Å². The molecule has 0 bridgehead atoms. The Kier molecular flexibility index (Phi) is 11.1. The van der Waals surface area contributed by atoms with Crippen LogP contribution < -0.4 is 0 Å². The van der Waals surface area contributed by atoms with E-state index in [2.05, 4.69) is 19.3 Å². The molecule has 0 radical (unpaired) electrons. The first-order valence-corrected chi connectivity index (χ1v) is 4.95. The van der Waals surface area contributed by atoms with E-state index in [1.807, 2.05) is 0 Å². The van der Waals surface area contributed by atoms with E-state index in [0.717, 1.165) is 0 Å². The predicted octanol–water partition coefficient (Wildman–Crippen LogP) is 3.73. The molecule has 66 valence electrons. The van der Waals surface area contributed by atoms with Crippen LogP contribution in [0, 0.1) is 19.3 Å². The van der Waals surface area contributed by atoms with Gasteiger partial charge in [0.25, 0.3) is 0 Å². The zero-order valence-corrected chi connectivity index (χ0v) is 10.8. The summed E-state index contributed by atoms with van der Waals surface area (Å²) in [7, 11) is 0. The van der Waals surface area contributed by atoms with Crippen molar-refractivity contribution in [2.24, 2.45) is 0 Å². The van der Waals surface area contributed by atoms with Gasteiger partial charge < -0.3 is 19.3 Å².